The number of rotatable bonds is 5. The fourth-order valence-corrected chi connectivity index (χ4v) is 5.82. The molecule has 0 unspecified atom stereocenters. The fourth-order valence-electron chi connectivity index (χ4n) is 0.980. The van der Waals surface area contributed by atoms with Gasteiger partial charge in [-0.05, 0) is 23.9 Å². The third kappa shape index (κ3) is 5.44. The second-order valence-electron chi connectivity index (χ2n) is 4.57. The molecule has 0 bridgehead atoms. The summed E-state index contributed by atoms with van der Waals surface area (Å²) in [7, 11) is -0.834. The van der Waals surface area contributed by atoms with Gasteiger partial charge in [0.15, 0.2) is 0 Å². The number of halogens is 1. The highest BCUT2D eigenvalue weighted by Gasteiger charge is 2.11. The summed E-state index contributed by atoms with van der Waals surface area (Å²) in [6.45, 7) is 7.28. The molecule has 0 aliphatic heterocycles. The van der Waals surface area contributed by atoms with Gasteiger partial charge in [0, 0.05) is 18.7 Å². The molecule has 0 nitrogen and oxygen atoms in total. The summed E-state index contributed by atoms with van der Waals surface area (Å²) in [5, 5.41) is 0. The van der Waals surface area contributed by atoms with Gasteiger partial charge in [0.25, 0.3) is 0 Å². The van der Waals surface area contributed by atoms with Crippen molar-refractivity contribution < 1.29 is 0 Å². The van der Waals surface area contributed by atoms with Crippen molar-refractivity contribution in [2.75, 3.05) is 5.75 Å². The Kier molecular flexibility index (Phi) is 5.04. The van der Waals surface area contributed by atoms with Gasteiger partial charge in [0.2, 0.25) is 0 Å². The van der Waals surface area contributed by atoms with E-state index in [1.54, 1.807) is 11.3 Å². The van der Waals surface area contributed by atoms with Gasteiger partial charge in [0.05, 0.1) is 4.34 Å². The van der Waals surface area contributed by atoms with Gasteiger partial charge in [-0.25, -0.2) is 0 Å². The van der Waals surface area contributed by atoms with E-state index in [1.807, 2.05) is 17.8 Å². The Balaban J connectivity index is 2.16. The standard InChI is InChI=1S/C10H17ClS2Si/c1-14(2,3)7-6-12-8-9-4-5-10(11)13-9/h4-5H,6-8H2,1-3H3. The monoisotopic (exact) mass is 264 g/mol. The Morgan fingerprint density at radius 2 is 2.07 bits per heavy atom. The maximum Gasteiger partial charge on any atom is 0.0931 e. The Hall–Kier alpha value is 0.557. The maximum absolute atomic E-state index is 5.86. The minimum Gasteiger partial charge on any atom is -0.157 e. The van der Waals surface area contributed by atoms with E-state index in [9.17, 15) is 0 Å². The molecular weight excluding hydrogens is 248 g/mol. The lowest BCUT2D eigenvalue weighted by atomic mass is 10.5. The van der Waals surface area contributed by atoms with Crippen molar-refractivity contribution in [3.05, 3.63) is 21.3 Å². The van der Waals surface area contributed by atoms with Crippen LogP contribution in [0.2, 0.25) is 30.0 Å². The number of thioether (sulfide) groups is 1. The quantitative estimate of drug-likeness (QED) is 0.534. The Morgan fingerprint density at radius 1 is 1.36 bits per heavy atom. The fraction of sp³-hybridized carbons (Fsp3) is 0.600. The lowest BCUT2D eigenvalue weighted by Gasteiger charge is -2.14. The van der Waals surface area contributed by atoms with E-state index in [0.29, 0.717) is 0 Å². The second kappa shape index (κ2) is 5.59. The molecule has 0 aliphatic carbocycles. The zero-order valence-corrected chi connectivity index (χ0v) is 12.4. The lowest BCUT2D eigenvalue weighted by Crippen LogP contribution is -2.19. The van der Waals surface area contributed by atoms with Gasteiger partial charge in [-0.2, -0.15) is 11.8 Å². The van der Waals surface area contributed by atoms with Crippen molar-refractivity contribution in [1.82, 2.24) is 0 Å². The van der Waals surface area contributed by atoms with Crippen LogP contribution in [-0.2, 0) is 5.75 Å². The predicted octanol–water partition coefficient (Wildman–Crippen LogP) is 4.97. The topological polar surface area (TPSA) is 0 Å². The maximum atomic E-state index is 5.86. The zero-order valence-electron chi connectivity index (χ0n) is 8.97. The van der Waals surface area contributed by atoms with Gasteiger partial charge < -0.3 is 0 Å². The highest BCUT2D eigenvalue weighted by Crippen LogP contribution is 2.26. The first kappa shape index (κ1) is 12.6. The van der Waals surface area contributed by atoms with Gasteiger partial charge in [-0.1, -0.05) is 31.2 Å². The van der Waals surface area contributed by atoms with Crippen molar-refractivity contribution in [1.29, 1.82) is 0 Å². The van der Waals surface area contributed by atoms with Crippen LogP contribution in [0, 0.1) is 0 Å². The summed E-state index contributed by atoms with van der Waals surface area (Å²) >= 11 is 9.60. The molecule has 1 heterocycles. The van der Waals surface area contributed by atoms with E-state index >= 15 is 0 Å². The van der Waals surface area contributed by atoms with E-state index in [-0.39, 0.29) is 0 Å². The van der Waals surface area contributed by atoms with E-state index in [4.69, 9.17) is 11.6 Å². The zero-order chi connectivity index (χ0) is 10.6. The molecule has 0 radical (unpaired) electrons. The molecule has 0 fully saturated rings. The Morgan fingerprint density at radius 3 is 2.57 bits per heavy atom. The Labute approximate surface area is 101 Å². The molecule has 0 spiro atoms. The van der Waals surface area contributed by atoms with E-state index in [1.165, 1.54) is 16.7 Å². The van der Waals surface area contributed by atoms with Crippen LogP contribution < -0.4 is 0 Å². The molecule has 0 saturated carbocycles. The molecule has 0 atom stereocenters. The molecule has 1 aromatic rings. The van der Waals surface area contributed by atoms with Crippen LogP contribution in [0.1, 0.15) is 4.88 Å². The van der Waals surface area contributed by atoms with Gasteiger partial charge in [-0.15, -0.1) is 11.3 Å². The summed E-state index contributed by atoms with van der Waals surface area (Å²) in [4.78, 5) is 1.40. The SMILES string of the molecule is C[Si](C)(C)CCSCc1ccc(Cl)s1. The average molecular weight is 265 g/mol. The lowest BCUT2D eigenvalue weighted by molar-refractivity contribution is 1.36. The van der Waals surface area contributed by atoms with Crippen molar-refractivity contribution in [2.45, 2.75) is 31.4 Å². The van der Waals surface area contributed by atoms with E-state index < -0.39 is 8.07 Å². The summed E-state index contributed by atoms with van der Waals surface area (Å²) in [6, 6.07) is 5.53. The van der Waals surface area contributed by atoms with Gasteiger partial charge in [-0.3, -0.25) is 0 Å². The third-order valence-corrected chi connectivity index (χ3v) is 6.40. The third-order valence-electron chi connectivity index (χ3n) is 1.87. The molecule has 1 rings (SSSR count). The number of thiophene rings is 1. The minimum absolute atomic E-state index is 0.834. The molecule has 1 aromatic heterocycles. The van der Waals surface area contributed by atoms with Crippen molar-refractivity contribution in [3.8, 4) is 0 Å². The van der Waals surface area contributed by atoms with Crippen LogP contribution in [0.25, 0.3) is 0 Å². The van der Waals surface area contributed by atoms with Crippen molar-refractivity contribution in [3.63, 3.8) is 0 Å². The molecule has 0 amide bonds. The number of hydrogen-bond acceptors (Lipinski definition) is 2. The summed E-state index contributed by atoms with van der Waals surface area (Å²) in [6.07, 6.45) is 0. The van der Waals surface area contributed by atoms with Crippen molar-refractivity contribution >= 4 is 42.8 Å². The van der Waals surface area contributed by atoms with Crippen LogP contribution in [0.3, 0.4) is 0 Å². The Bertz CT molecular complexity index is 278. The molecule has 80 valence electrons. The van der Waals surface area contributed by atoms with E-state index in [2.05, 4.69) is 25.7 Å². The predicted molar refractivity (Wildman–Crippen MR) is 73.6 cm³/mol. The molecule has 14 heavy (non-hydrogen) atoms. The highest BCUT2D eigenvalue weighted by molar-refractivity contribution is 7.98. The molecule has 0 aliphatic rings. The normalized spacial score (nSPS) is 12.0. The second-order valence-corrected chi connectivity index (χ2v) is 13.1. The smallest absolute Gasteiger partial charge is 0.0931 e. The molecule has 0 saturated heterocycles. The van der Waals surface area contributed by atoms with E-state index in [0.717, 1.165) is 10.1 Å². The molecule has 4 heteroatoms. The highest BCUT2D eigenvalue weighted by atomic mass is 35.5. The first-order chi connectivity index (χ1) is 6.47. The first-order valence-corrected chi connectivity index (χ1v) is 10.8. The summed E-state index contributed by atoms with van der Waals surface area (Å²) in [5.74, 6) is 2.42. The van der Waals surface area contributed by atoms with Gasteiger partial charge in [0.1, 0.15) is 0 Å². The summed E-state index contributed by atoms with van der Waals surface area (Å²) < 4.78 is 0.908. The van der Waals surface area contributed by atoms with Crippen LogP contribution >= 0.6 is 34.7 Å². The van der Waals surface area contributed by atoms with Crippen LogP contribution in [0.15, 0.2) is 12.1 Å². The summed E-state index contributed by atoms with van der Waals surface area (Å²) in [5.41, 5.74) is 0. The molecule has 0 N–H and O–H groups in total. The number of hydrogen-bond donors (Lipinski definition) is 0. The molecule has 0 aromatic carbocycles. The van der Waals surface area contributed by atoms with Crippen molar-refractivity contribution in [2.24, 2.45) is 0 Å². The van der Waals surface area contributed by atoms with Crippen LogP contribution in [0.5, 0.6) is 0 Å². The largest absolute Gasteiger partial charge is 0.157 e. The molecular formula is C10H17ClS2Si. The minimum atomic E-state index is -0.834. The van der Waals surface area contributed by atoms with Gasteiger partial charge >= 0.3 is 0 Å². The van der Waals surface area contributed by atoms with Crippen LogP contribution in [0.4, 0.5) is 0 Å². The first-order valence-electron chi connectivity index (χ1n) is 4.79. The van der Waals surface area contributed by atoms with Crippen LogP contribution in [-0.4, -0.2) is 13.8 Å². The average Bonchev–Trinajstić information content (AvgIpc) is 2.44.